The van der Waals surface area contributed by atoms with Crippen molar-refractivity contribution >= 4 is 21.4 Å². The minimum Gasteiger partial charge on any atom is -0.383 e. The van der Waals surface area contributed by atoms with Crippen molar-refractivity contribution in [3.8, 4) is 0 Å². The molecule has 1 unspecified atom stereocenters. The van der Waals surface area contributed by atoms with Gasteiger partial charge in [-0.1, -0.05) is 26.2 Å². The Bertz CT molecular complexity index is 527. The number of rotatable bonds is 8. The Kier molecular flexibility index (Phi) is 6.33. The Morgan fingerprint density at radius 3 is 2.50 bits per heavy atom. The molecule has 0 spiro atoms. The van der Waals surface area contributed by atoms with Crippen LogP contribution in [0.1, 0.15) is 45.1 Å². The van der Waals surface area contributed by atoms with Gasteiger partial charge in [-0.15, -0.1) is 0 Å². The van der Waals surface area contributed by atoms with E-state index in [1.165, 1.54) is 19.3 Å². The van der Waals surface area contributed by atoms with E-state index in [1.807, 2.05) is 19.1 Å². The highest BCUT2D eigenvalue weighted by Gasteiger charge is 2.07. The fourth-order valence-corrected chi connectivity index (χ4v) is 2.75. The molecule has 1 aromatic carbocycles. The normalized spacial score (nSPS) is 13.0. The first-order chi connectivity index (χ1) is 9.31. The third kappa shape index (κ3) is 6.28. The average Bonchev–Trinajstić information content (AvgIpc) is 2.31. The minimum absolute atomic E-state index is 0.426. The zero-order valence-corrected chi connectivity index (χ0v) is 13.7. The minimum atomic E-state index is -3.22. The number of aryl methyl sites for hydroxylation is 1. The number of sulfonamides is 1. The SMILES string of the molecule is CCCCCC(C)Nc1ccc(NS(C)(=O)=O)c(C)c1. The molecule has 0 amide bonds. The summed E-state index contributed by atoms with van der Waals surface area (Å²) >= 11 is 0. The van der Waals surface area contributed by atoms with Crippen LogP contribution >= 0.6 is 0 Å². The molecule has 5 heteroatoms. The second-order valence-electron chi connectivity index (χ2n) is 5.45. The maximum atomic E-state index is 11.2. The summed E-state index contributed by atoms with van der Waals surface area (Å²) in [6.45, 7) is 6.28. The van der Waals surface area contributed by atoms with Gasteiger partial charge >= 0.3 is 0 Å². The highest BCUT2D eigenvalue weighted by atomic mass is 32.2. The maximum absolute atomic E-state index is 11.2. The van der Waals surface area contributed by atoms with Crippen LogP contribution in [0.3, 0.4) is 0 Å². The lowest BCUT2D eigenvalue weighted by atomic mass is 10.1. The van der Waals surface area contributed by atoms with Crippen LogP contribution in [0.4, 0.5) is 11.4 Å². The van der Waals surface area contributed by atoms with E-state index in [-0.39, 0.29) is 0 Å². The van der Waals surface area contributed by atoms with Crippen molar-refractivity contribution in [3.05, 3.63) is 23.8 Å². The van der Waals surface area contributed by atoms with Crippen LogP contribution in [-0.4, -0.2) is 20.7 Å². The second kappa shape index (κ2) is 7.53. The van der Waals surface area contributed by atoms with Crippen LogP contribution in [0.5, 0.6) is 0 Å². The Morgan fingerprint density at radius 2 is 1.95 bits per heavy atom. The van der Waals surface area contributed by atoms with Crippen molar-refractivity contribution in [2.75, 3.05) is 16.3 Å². The molecular weight excluding hydrogens is 272 g/mol. The number of hydrogen-bond donors (Lipinski definition) is 2. The van der Waals surface area contributed by atoms with E-state index < -0.39 is 10.0 Å². The summed E-state index contributed by atoms with van der Waals surface area (Å²) in [5.41, 5.74) is 2.59. The maximum Gasteiger partial charge on any atom is 0.229 e. The molecule has 0 radical (unpaired) electrons. The number of unbranched alkanes of at least 4 members (excludes halogenated alkanes) is 2. The van der Waals surface area contributed by atoms with Gasteiger partial charge in [-0.05, 0) is 44.0 Å². The van der Waals surface area contributed by atoms with E-state index in [4.69, 9.17) is 0 Å². The van der Waals surface area contributed by atoms with Crippen LogP contribution in [0.25, 0.3) is 0 Å². The molecule has 0 saturated heterocycles. The molecule has 2 N–H and O–H groups in total. The van der Waals surface area contributed by atoms with Crippen molar-refractivity contribution < 1.29 is 8.42 Å². The molecule has 0 saturated carbocycles. The predicted molar refractivity (Wildman–Crippen MR) is 86.9 cm³/mol. The van der Waals surface area contributed by atoms with Crippen molar-refractivity contribution in [1.82, 2.24) is 0 Å². The van der Waals surface area contributed by atoms with Crippen LogP contribution in [0, 0.1) is 6.92 Å². The fourth-order valence-electron chi connectivity index (χ4n) is 2.12. The largest absolute Gasteiger partial charge is 0.383 e. The first-order valence-electron chi connectivity index (χ1n) is 7.17. The van der Waals surface area contributed by atoms with E-state index >= 15 is 0 Å². The lowest BCUT2D eigenvalue weighted by Gasteiger charge is -2.16. The molecule has 114 valence electrons. The molecule has 0 fully saturated rings. The van der Waals surface area contributed by atoms with Gasteiger partial charge in [0.25, 0.3) is 0 Å². The molecule has 0 aromatic heterocycles. The first-order valence-corrected chi connectivity index (χ1v) is 9.06. The zero-order valence-electron chi connectivity index (χ0n) is 12.9. The van der Waals surface area contributed by atoms with Crippen molar-refractivity contribution in [2.45, 2.75) is 52.5 Å². The third-order valence-corrected chi connectivity index (χ3v) is 3.77. The van der Waals surface area contributed by atoms with Gasteiger partial charge in [0.05, 0.1) is 11.9 Å². The number of benzene rings is 1. The van der Waals surface area contributed by atoms with Gasteiger partial charge in [-0.25, -0.2) is 8.42 Å². The predicted octanol–water partition coefficient (Wildman–Crippen LogP) is 3.75. The summed E-state index contributed by atoms with van der Waals surface area (Å²) in [5, 5.41) is 3.45. The molecule has 0 aliphatic heterocycles. The average molecular weight is 298 g/mol. The molecule has 1 atom stereocenters. The van der Waals surface area contributed by atoms with E-state index in [1.54, 1.807) is 6.07 Å². The Morgan fingerprint density at radius 1 is 1.25 bits per heavy atom. The summed E-state index contributed by atoms with van der Waals surface area (Å²) in [6, 6.07) is 6.12. The van der Waals surface area contributed by atoms with Crippen LogP contribution in [0.15, 0.2) is 18.2 Å². The lowest BCUT2D eigenvalue weighted by Crippen LogP contribution is -2.15. The number of anilines is 2. The lowest BCUT2D eigenvalue weighted by molar-refractivity contribution is 0.606. The van der Waals surface area contributed by atoms with E-state index in [0.717, 1.165) is 23.9 Å². The molecule has 0 aliphatic carbocycles. The molecular formula is C15H26N2O2S. The summed E-state index contributed by atoms with van der Waals surface area (Å²) in [4.78, 5) is 0. The van der Waals surface area contributed by atoms with Crippen LogP contribution < -0.4 is 10.0 Å². The smallest absolute Gasteiger partial charge is 0.229 e. The summed E-state index contributed by atoms with van der Waals surface area (Å²) < 4.78 is 25.0. The first kappa shape index (κ1) is 16.8. The van der Waals surface area contributed by atoms with Gasteiger partial charge in [0.2, 0.25) is 10.0 Å². The van der Waals surface area contributed by atoms with Gasteiger partial charge < -0.3 is 5.32 Å². The quantitative estimate of drug-likeness (QED) is 0.719. The zero-order chi connectivity index (χ0) is 15.2. The van der Waals surface area contributed by atoms with Crippen molar-refractivity contribution in [3.63, 3.8) is 0 Å². The number of hydrogen-bond acceptors (Lipinski definition) is 3. The summed E-state index contributed by atoms with van der Waals surface area (Å²) in [5.74, 6) is 0. The standard InChI is InChI=1S/C15H26N2O2S/c1-5-6-7-8-13(3)16-14-9-10-15(12(2)11-14)17-20(4,18)19/h9-11,13,16-17H,5-8H2,1-4H3. The number of nitrogens with one attached hydrogen (secondary N) is 2. The monoisotopic (exact) mass is 298 g/mol. The Labute approximate surface area is 123 Å². The van der Waals surface area contributed by atoms with Crippen molar-refractivity contribution in [1.29, 1.82) is 0 Å². The van der Waals surface area contributed by atoms with Gasteiger partial charge in [0.1, 0.15) is 0 Å². The van der Waals surface area contributed by atoms with Crippen molar-refractivity contribution in [2.24, 2.45) is 0 Å². The molecule has 1 rings (SSSR count). The Balaban J connectivity index is 2.63. The topological polar surface area (TPSA) is 58.2 Å². The van der Waals surface area contributed by atoms with Gasteiger partial charge in [-0.2, -0.15) is 0 Å². The summed E-state index contributed by atoms with van der Waals surface area (Å²) in [7, 11) is -3.22. The molecule has 0 aliphatic rings. The molecule has 20 heavy (non-hydrogen) atoms. The highest BCUT2D eigenvalue weighted by molar-refractivity contribution is 7.92. The van der Waals surface area contributed by atoms with Gasteiger partial charge in [0.15, 0.2) is 0 Å². The highest BCUT2D eigenvalue weighted by Crippen LogP contribution is 2.21. The molecule has 4 nitrogen and oxygen atoms in total. The van der Waals surface area contributed by atoms with E-state index in [0.29, 0.717) is 11.7 Å². The van der Waals surface area contributed by atoms with Gasteiger partial charge in [0, 0.05) is 11.7 Å². The van der Waals surface area contributed by atoms with Gasteiger partial charge in [-0.3, -0.25) is 4.72 Å². The second-order valence-corrected chi connectivity index (χ2v) is 7.19. The molecule has 1 aromatic rings. The third-order valence-electron chi connectivity index (χ3n) is 3.18. The molecule has 0 bridgehead atoms. The van der Waals surface area contributed by atoms with Crippen LogP contribution in [0.2, 0.25) is 0 Å². The van der Waals surface area contributed by atoms with E-state index in [9.17, 15) is 8.42 Å². The Hall–Kier alpha value is -1.23. The molecule has 0 heterocycles. The summed E-state index contributed by atoms with van der Waals surface area (Å²) in [6.07, 6.45) is 6.04. The van der Waals surface area contributed by atoms with Crippen LogP contribution in [-0.2, 0) is 10.0 Å². The fraction of sp³-hybridized carbons (Fsp3) is 0.600. The van der Waals surface area contributed by atoms with E-state index in [2.05, 4.69) is 23.9 Å².